The van der Waals surface area contributed by atoms with Crippen molar-refractivity contribution in [3.05, 3.63) is 23.4 Å². The quantitative estimate of drug-likeness (QED) is 0.663. The van der Waals surface area contributed by atoms with E-state index < -0.39 is 5.60 Å². The number of piperidine rings is 1. The van der Waals surface area contributed by atoms with E-state index in [0.29, 0.717) is 17.0 Å². The molecule has 33 heavy (non-hydrogen) atoms. The van der Waals surface area contributed by atoms with E-state index in [1.54, 1.807) is 0 Å². The van der Waals surface area contributed by atoms with Crippen molar-refractivity contribution in [3.63, 3.8) is 0 Å². The summed E-state index contributed by atoms with van der Waals surface area (Å²) in [5.74, 6) is 0.298. The highest BCUT2D eigenvalue weighted by molar-refractivity contribution is 5.69. The third-order valence-electron chi connectivity index (χ3n) is 6.68. The number of nitriles is 2. The normalized spacial score (nSPS) is 29.1. The van der Waals surface area contributed by atoms with E-state index in [9.17, 15) is 10.1 Å². The first-order valence-electron chi connectivity index (χ1n) is 11.9. The van der Waals surface area contributed by atoms with E-state index in [-0.39, 0.29) is 36.5 Å². The van der Waals surface area contributed by atoms with Crippen LogP contribution in [0.25, 0.3) is 0 Å². The number of carbonyl (C=O) groups is 1. The van der Waals surface area contributed by atoms with Gasteiger partial charge in [0.25, 0.3) is 0 Å². The van der Waals surface area contributed by atoms with Crippen molar-refractivity contribution in [2.45, 2.75) is 108 Å². The molecule has 0 radical (unpaired) electrons. The van der Waals surface area contributed by atoms with Gasteiger partial charge in [-0.1, -0.05) is 0 Å². The molecule has 1 aliphatic carbocycles. The molecule has 3 fully saturated rings. The van der Waals surface area contributed by atoms with Crippen LogP contribution in [0.5, 0.6) is 5.88 Å². The number of ether oxygens (including phenoxy) is 3. The zero-order valence-electron chi connectivity index (χ0n) is 19.6. The fourth-order valence-electron chi connectivity index (χ4n) is 5.25. The molecule has 2 bridgehead atoms. The Morgan fingerprint density at radius 1 is 1.00 bits per heavy atom. The summed E-state index contributed by atoms with van der Waals surface area (Å²) in [6, 6.07) is 5.97. The van der Waals surface area contributed by atoms with Crippen molar-refractivity contribution in [2.24, 2.45) is 0 Å². The molecule has 8 heteroatoms. The molecule has 3 heterocycles. The van der Waals surface area contributed by atoms with Crippen LogP contribution in [0, 0.1) is 22.7 Å². The molecule has 1 amide bonds. The lowest BCUT2D eigenvalue weighted by atomic mass is 9.93. The molecular weight excluding hydrogens is 420 g/mol. The summed E-state index contributed by atoms with van der Waals surface area (Å²) in [5, 5.41) is 18.3. The van der Waals surface area contributed by atoms with E-state index in [1.807, 2.05) is 31.7 Å². The second kappa shape index (κ2) is 9.57. The van der Waals surface area contributed by atoms with Crippen molar-refractivity contribution in [3.8, 4) is 18.0 Å². The maximum absolute atomic E-state index is 12.6. The Bertz CT molecular complexity index is 939. The molecule has 3 aliphatic rings. The van der Waals surface area contributed by atoms with Crippen LogP contribution in [0.1, 0.15) is 83.3 Å². The zero-order chi connectivity index (χ0) is 23.6. The number of rotatable bonds is 4. The number of amides is 1. The standard InChI is InChI=1S/C25H32N4O4/c1-25(2,3)33-24(30)29-18-4-5-19(29)12-22(11-18)31-20-6-8-21(9-7-20)32-23-17(14-27)10-16(13-26)15-28-23/h10,15,18-22H,4-9,11-12H2,1-3H3/t18-,19-,20?,21?/m0/s1. The Kier molecular flexibility index (Phi) is 6.76. The van der Waals surface area contributed by atoms with Crippen LogP contribution in [0.2, 0.25) is 0 Å². The van der Waals surface area contributed by atoms with Crippen LogP contribution < -0.4 is 4.74 Å². The van der Waals surface area contributed by atoms with Crippen molar-refractivity contribution >= 4 is 6.09 Å². The molecule has 2 saturated heterocycles. The molecule has 1 aromatic heterocycles. The Morgan fingerprint density at radius 2 is 1.64 bits per heavy atom. The summed E-state index contributed by atoms with van der Waals surface area (Å²) in [5.41, 5.74) is 0.161. The maximum atomic E-state index is 12.6. The highest BCUT2D eigenvalue weighted by atomic mass is 16.6. The summed E-state index contributed by atoms with van der Waals surface area (Å²) in [7, 11) is 0. The molecule has 8 nitrogen and oxygen atoms in total. The summed E-state index contributed by atoms with van der Waals surface area (Å²) in [6.45, 7) is 5.71. The Labute approximate surface area is 195 Å². The lowest BCUT2D eigenvalue weighted by Crippen LogP contribution is -2.50. The number of hydrogen-bond acceptors (Lipinski definition) is 7. The average molecular weight is 453 g/mol. The number of hydrogen-bond donors (Lipinski definition) is 0. The second-order valence-corrected chi connectivity index (χ2v) is 10.3. The third kappa shape index (κ3) is 5.57. The van der Waals surface area contributed by atoms with Gasteiger partial charge in [0.15, 0.2) is 0 Å². The fraction of sp³-hybridized carbons (Fsp3) is 0.680. The first kappa shape index (κ1) is 23.3. The van der Waals surface area contributed by atoms with Gasteiger partial charge >= 0.3 is 6.09 Å². The highest BCUT2D eigenvalue weighted by Crippen LogP contribution is 2.39. The van der Waals surface area contributed by atoms with Gasteiger partial charge in [-0.05, 0) is 78.2 Å². The van der Waals surface area contributed by atoms with Crippen molar-refractivity contribution in [1.29, 1.82) is 10.5 Å². The summed E-state index contributed by atoms with van der Waals surface area (Å²) in [4.78, 5) is 18.8. The summed E-state index contributed by atoms with van der Waals surface area (Å²) in [6.07, 6.45) is 8.81. The molecule has 176 valence electrons. The smallest absolute Gasteiger partial charge is 0.410 e. The van der Waals surface area contributed by atoms with Crippen LogP contribution in [-0.2, 0) is 9.47 Å². The number of fused-ring (bicyclic) bond motifs is 2. The van der Waals surface area contributed by atoms with E-state index in [0.717, 1.165) is 51.4 Å². The molecule has 1 aromatic rings. The highest BCUT2D eigenvalue weighted by Gasteiger charge is 2.45. The molecule has 0 N–H and O–H groups in total. The van der Waals surface area contributed by atoms with Gasteiger partial charge in [-0.2, -0.15) is 10.5 Å². The van der Waals surface area contributed by atoms with Gasteiger partial charge in [-0.3, -0.25) is 0 Å². The molecule has 0 spiro atoms. The molecule has 2 atom stereocenters. The third-order valence-corrected chi connectivity index (χ3v) is 6.68. The van der Waals surface area contributed by atoms with Crippen LogP contribution in [0.3, 0.4) is 0 Å². The van der Waals surface area contributed by atoms with Gasteiger partial charge < -0.3 is 19.1 Å². The van der Waals surface area contributed by atoms with Gasteiger partial charge in [0, 0.05) is 18.3 Å². The largest absolute Gasteiger partial charge is 0.473 e. The lowest BCUT2D eigenvalue weighted by Gasteiger charge is -2.41. The van der Waals surface area contributed by atoms with Crippen LogP contribution >= 0.6 is 0 Å². The first-order chi connectivity index (χ1) is 15.8. The van der Waals surface area contributed by atoms with Gasteiger partial charge in [-0.15, -0.1) is 0 Å². The van der Waals surface area contributed by atoms with Gasteiger partial charge in [0.2, 0.25) is 5.88 Å². The molecule has 1 saturated carbocycles. The fourth-order valence-corrected chi connectivity index (χ4v) is 5.25. The van der Waals surface area contributed by atoms with E-state index in [1.165, 1.54) is 12.3 Å². The average Bonchev–Trinajstić information content (AvgIpc) is 3.05. The zero-order valence-corrected chi connectivity index (χ0v) is 19.6. The number of aromatic nitrogens is 1. The van der Waals surface area contributed by atoms with Crippen molar-refractivity contribution < 1.29 is 19.0 Å². The topological polar surface area (TPSA) is 108 Å². The van der Waals surface area contributed by atoms with Gasteiger partial charge in [-0.25, -0.2) is 9.78 Å². The minimum absolute atomic E-state index is 0.0115. The van der Waals surface area contributed by atoms with Crippen LogP contribution in [-0.4, -0.2) is 52.0 Å². The van der Waals surface area contributed by atoms with Crippen molar-refractivity contribution in [2.75, 3.05) is 0 Å². The van der Waals surface area contributed by atoms with Crippen molar-refractivity contribution in [1.82, 2.24) is 9.88 Å². The Balaban J connectivity index is 1.26. The second-order valence-electron chi connectivity index (χ2n) is 10.3. The number of nitrogens with zero attached hydrogens (tertiary/aromatic N) is 4. The molecule has 2 aliphatic heterocycles. The summed E-state index contributed by atoms with van der Waals surface area (Å²) >= 11 is 0. The monoisotopic (exact) mass is 452 g/mol. The maximum Gasteiger partial charge on any atom is 0.410 e. The molecule has 0 aromatic carbocycles. The minimum Gasteiger partial charge on any atom is -0.473 e. The molecular formula is C25H32N4O4. The summed E-state index contributed by atoms with van der Waals surface area (Å²) < 4.78 is 18.1. The number of pyridine rings is 1. The molecule has 0 unspecified atom stereocenters. The van der Waals surface area contributed by atoms with E-state index in [2.05, 4.69) is 11.1 Å². The van der Waals surface area contributed by atoms with E-state index in [4.69, 9.17) is 19.5 Å². The first-order valence-corrected chi connectivity index (χ1v) is 11.9. The van der Waals surface area contributed by atoms with Crippen LogP contribution in [0.15, 0.2) is 12.3 Å². The Hall–Kier alpha value is -2.84. The van der Waals surface area contributed by atoms with Gasteiger partial charge in [0.1, 0.15) is 29.4 Å². The predicted octanol–water partition coefficient (Wildman–Crippen LogP) is 4.46. The number of carbonyl (C=O) groups excluding carboxylic acids is 1. The Morgan fingerprint density at radius 3 is 2.21 bits per heavy atom. The van der Waals surface area contributed by atoms with Gasteiger partial charge in [0.05, 0.1) is 17.8 Å². The minimum atomic E-state index is -0.480. The van der Waals surface area contributed by atoms with Crippen LogP contribution in [0.4, 0.5) is 4.79 Å². The predicted molar refractivity (Wildman–Crippen MR) is 119 cm³/mol. The molecule has 4 rings (SSSR count). The lowest BCUT2D eigenvalue weighted by molar-refractivity contribution is -0.0814. The SMILES string of the molecule is CC(C)(C)OC(=O)N1[C@H]2CC[C@H]1CC(OC1CCC(Oc3ncc(C#N)cc3C#N)CC1)C2. The van der Waals surface area contributed by atoms with E-state index >= 15 is 0 Å².